The maximum absolute atomic E-state index is 12.2. The summed E-state index contributed by atoms with van der Waals surface area (Å²) in [5, 5.41) is 1.74. The van der Waals surface area contributed by atoms with E-state index in [2.05, 4.69) is 13.0 Å². The Hall–Kier alpha value is -0.880. The van der Waals surface area contributed by atoms with E-state index < -0.39 is 9.84 Å². The molecular formula is C13H17NO3S2. The van der Waals surface area contributed by atoms with E-state index in [0.717, 1.165) is 6.42 Å². The van der Waals surface area contributed by atoms with Gasteiger partial charge in [-0.1, -0.05) is 0 Å². The summed E-state index contributed by atoms with van der Waals surface area (Å²) in [6, 6.07) is 2.00. The van der Waals surface area contributed by atoms with Crippen LogP contribution in [0.5, 0.6) is 0 Å². The van der Waals surface area contributed by atoms with Gasteiger partial charge in [0.2, 0.25) is 5.91 Å². The third-order valence-corrected chi connectivity index (χ3v) is 7.45. The SMILES string of the molecule is Cc1ccsc1CCC(=O)N1CC2CC1CS2(=O)=O. The van der Waals surface area contributed by atoms with Crippen molar-refractivity contribution in [3.05, 3.63) is 21.9 Å². The zero-order valence-corrected chi connectivity index (χ0v) is 12.5. The number of sulfone groups is 1. The first-order valence-electron chi connectivity index (χ1n) is 6.51. The Kier molecular flexibility index (Phi) is 3.17. The van der Waals surface area contributed by atoms with Crippen LogP contribution in [0.1, 0.15) is 23.3 Å². The summed E-state index contributed by atoms with van der Waals surface area (Å²) in [4.78, 5) is 15.2. The lowest BCUT2D eigenvalue weighted by Crippen LogP contribution is -2.44. The fourth-order valence-corrected chi connectivity index (χ4v) is 5.96. The molecule has 104 valence electrons. The molecule has 3 heterocycles. The molecule has 2 aliphatic heterocycles. The first-order chi connectivity index (χ1) is 8.97. The van der Waals surface area contributed by atoms with Crippen molar-refractivity contribution in [2.75, 3.05) is 12.3 Å². The van der Waals surface area contributed by atoms with Crippen LogP contribution in [0, 0.1) is 6.92 Å². The molecule has 2 atom stereocenters. The number of amides is 1. The van der Waals surface area contributed by atoms with E-state index in [4.69, 9.17) is 0 Å². The monoisotopic (exact) mass is 299 g/mol. The van der Waals surface area contributed by atoms with Crippen molar-refractivity contribution < 1.29 is 13.2 Å². The van der Waals surface area contributed by atoms with E-state index in [1.54, 1.807) is 16.2 Å². The van der Waals surface area contributed by atoms with Crippen LogP contribution in [0.15, 0.2) is 11.4 Å². The number of thiophene rings is 1. The minimum Gasteiger partial charge on any atom is -0.337 e. The Bertz CT molecular complexity index is 605. The Morgan fingerprint density at radius 3 is 2.84 bits per heavy atom. The summed E-state index contributed by atoms with van der Waals surface area (Å²) in [6.45, 7) is 2.47. The topological polar surface area (TPSA) is 54.5 Å². The van der Waals surface area contributed by atoms with Crippen LogP contribution in [0.4, 0.5) is 0 Å². The van der Waals surface area contributed by atoms with Gasteiger partial charge in [0, 0.05) is 23.9 Å². The van der Waals surface area contributed by atoms with Crippen LogP contribution in [-0.4, -0.2) is 42.8 Å². The average Bonchev–Trinajstić information content (AvgIpc) is 2.99. The van der Waals surface area contributed by atoms with Crippen LogP contribution < -0.4 is 0 Å². The second-order valence-corrected chi connectivity index (χ2v) is 8.74. The zero-order valence-electron chi connectivity index (χ0n) is 10.8. The smallest absolute Gasteiger partial charge is 0.223 e. The van der Waals surface area contributed by atoms with Gasteiger partial charge in [0.05, 0.1) is 11.0 Å². The molecule has 2 aliphatic rings. The second kappa shape index (κ2) is 4.59. The molecule has 0 aromatic carbocycles. The lowest BCUT2D eigenvalue weighted by atomic mass is 10.2. The molecule has 3 rings (SSSR count). The molecule has 1 amide bonds. The van der Waals surface area contributed by atoms with Crippen molar-refractivity contribution in [3.63, 3.8) is 0 Å². The van der Waals surface area contributed by atoms with Gasteiger partial charge in [0.25, 0.3) is 0 Å². The number of fused-ring (bicyclic) bond motifs is 2. The molecule has 4 nitrogen and oxygen atoms in total. The second-order valence-electron chi connectivity index (χ2n) is 5.41. The molecule has 2 saturated heterocycles. The molecule has 1 aromatic heterocycles. The van der Waals surface area contributed by atoms with E-state index in [1.807, 2.05) is 5.38 Å². The first kappa shape index (κ1) is 13.1. The average molecular weight is 299 g/mol. The predicted octanol–water partition coefficient (Wildman–Crippen LogP) is 1.39. The first-order valence-corrected chi connectivity index (χ1v) is 9.11. The minimum absolute atomic E-state index is 0.0630. The van der Waals surface area contributed by atoms with E-state index in [0.29, 0.717) is 19.4 Å². The normalized spacial score (nSPS) is 27.9. The highest BCUT2D eigenvalue weighted by molar-refractivity contribution is 7.92. The van der Waals surface area contributed by atoms with Crippen molar-refractivity contribution in [3.8, 4) is 0 Å². The summed E-state index contributed by atoms with van der Waals surface area (Å²) < 4.78 is 23.3. The molecule has 0 spiro atoms. The summed E-state index contributed by atoms with van der Waals surface area (Å²) >= 11 is 1.68. The highest BCUT2D eigenvalue weighted by Gasteiger charge is 2.49. The predicted molar refractivity (Wildman–Crippen MR) is 75.1 cm³/mol. The number of nitrogens with zero attached hydrogens (tertiary/aromatic N) is 1. The summed E-state index contributed by atoms with van der Waals surface area (Å²) in [6.07, 6.45) is 1.90. The molecule has 2 fully saturated rings. The van der Waals surface area contributed by atoms with E-state index >= 15 is 0 Å². The van der Waals surface area contributed by atoms with Gasteiger partial charge < -0.3 is 4.90 Å². The lowest BCUT2D eigenvalue weighted by molar-refractivity contribution is -0.131. The van der Waals surface area contributed by atoms with Crippen LogP contribution in [0.2, 0.25) is 0 Å². The molecule has 6 heteroatoms. The molecular weight excluding hydrogens is 282 g/mol. The van der Waals surface area contributed by atoms with Gasteiger partial charge in [-0.2, -0.15) is 0 Å². The number of carbonyl (C=O) groups is 1. The van der Waals surface area contributed by atoms with E-state index in [1.165, 1.54) is 10.4 Å². The molecule has 0 aliphatic carbocycles. The highest BCUT2D eigenvalue weighted by Crippen LogP contribution is 2.33. The van der Waals surface area contributed by atoms with Crippen LogP contribution >= 0.6 is 11.3 Å². The van der Waals surface area contributed by atoms with E-state index in [9.17, 15) is 13.2 Å². The maximum atomic E-state index is 12.2. The third-order valence-electron chi connectivity index (χ3n) is 4.16. The van der Waals surface area contributed by atoms with Gasteiger partial charge in [0.1, 0.15) is 0 Å². The van der Waals surface area contributed by atoms with Crippen molar-refractivity contribution >= 4 is 27.1 Å². The highest BCUT2D eigenvalue weighted by atomic mass is 32.2. The van der Waals surface area contributed by atoms with Crippen molar-refractivity contribution in [2.45, 2.75) is 37.5 Å². The standard InChI is InChI=1S/C13H17NO3S2/c1-9-4-5-18-12(9)2-3-13(15)14-7-11-6-10(14)8-19(11,16)17/h4-5,10-11H,2-3,6-8H2,1H3. The van der Waals surface area contributed by atoms with E-state index in [-0.39, 0.29) is 23.0 Å². The molecule has 0 saturated carbocycles. The minimum atomic E-state index is -2.91. The van der Waals surface area contributed by atoms with Crippen molar-refractivity contribution in [1.29, 1.82) is 0 Å². The van der Waals surface area contributed by atoms with Crippen molar-refractivity contribution in [1.82, 2.24) is 4.90 Å². The Morgan fingerprint density at radius 1 is 1.53 bits per heavy atom. The van der Waals surface area contributed by atoms with Crippen LogP contribution in [-0.2, 0) is 21.1 Å². The quantitative estimate of drug-likeness (QED) is 0.847. The third kappa shape index (κ3) is 2.31. The largest absolute Gasteiger partial charge is 0.337 e. The Balaban J connectivity index is 1.60. The number of carbonyl (C=O) groups excluding carboxylic acids is 1. The molecule has 2 bridgehead atoms. The van der Waals surface area contributed by atoms with Crippen LogP contribution in [0.3, 0.4) is 0 Å². The molecule has 2 unspecified atom stereocenters. The van der Waals surface area contributed by atoms with Gasteiger partial charge in [-0.25, -0.2) is 8.42 Å². The summed E-state index contributed by atoms with van der Waals surface area (Å²) in [7, 11) is -2.91. The number of likely N-dealkylation sites (tertiary alicyclic amines) is 1. The maximum Gasteiger partial charge on any atom is 0.223 e. The van der Waals surface area contributed by atoms with Crippen LogP contribution in [0.25, 0.3) is 0 Å². The number of hydrogen-bond donors (Lipinski definition) is 0. The van der Waals surface area contributed by atoms with Gasteiger partial charge in [-0.3, -0.25) is 4.79 Å². The lowest BCUT2D eigenvalue weighted by Gasteiger charge is -2.26. The fourth-order valence-electron chi connectivity index (χ4n) is 3.03. The number of aryl methyl sites for hydroxylation is 2. The summed E-state index contributed by atoms with van der Waals surface area (Å²) in [5.74, 6) is 0.275. The van der Waals surface area contributed by atoms with Gasteiger partial charge in [-0.05, 0) is 36.8 Å². The van der Waals surface area contributed by atoms with Gasteiger partial charge in [-0.15, -0.1) is 11.3 Å². The number of hydrogen-bond acceptors (Lipinski definition) is 4. The van der Waals surface area contributed by atoms with Gasteiger partial charge >= 0.3 is 0 Å². The number of rotatable bonds is 3. The Morgan fingerprint density at radius 2 is 2.32 bits per heavy atom. The molecule has 0 N–H and O–H groups in total. The fraction of sp³-hybridized carbons (Fsp3) is 0.615. The molecule has 1 aromatic rings. The molecule has 0 radical (unpaired) electrons. The van der Waals surface area contributed by atoms with Crippen molar-refractivity contribution in [2.24, 2.45) is 0 Å². The van der Waals surface area contributed by atoms with Gasteiger partial charge in [0.15, 0.2) is 9.84 Å². The zero-order chi connectivity index (χ0) is 13.6. The Labute approximate surface area is 117 Å². The molecule has 19 heavy (non-hydrogen) atoms. The summed E-state index contributed by atoms with van der Waals surface area (Å²) in [5.41, 5.74) is 1.24.